The molecule has 92 valence electrons. The summed E-state index contributed by atoms with van der Waals surface area (Å²) < 4.78 is 5.43. The van der Waals surface area contributed by atoms with Crippen LogP contribution in [0.25, 0.3) is 0 Å². The topological polar surface area (TPSA) is 42.4 Å². The Hall–Kier alpha value is -0.800. The van der Waals surface area contributed by atoms with Crippen LogP contribution in [-0.2, 0) is 0 Å². The molecule has 2 unspecified atom stereocenters. The van der Waals surface area contributed by atoms with E-state index in [1.165, 1.54) is 0 Å². The molecule has 0 aromatic carbocycles. The molecule has 0 saturated heterocycles. The molecular formula is C13H24N2O. The second-order valence-corrected chi connectivity index (χ2v) is 4.38. The van der Waals surface area contributed by atoms with Gasteiger partial charge in [0.2, 0.25) is 0 Å². The molecule has 1 aromatic rings. The zero-order valence-electron chi connectivity index (χ0n) is 10.9. The van der Waals surface area contributed by atoms with Crippen LogP contribution in [0.1, 0.15) is 45.9 Å². The number of likely N-dealkylation sites (N-methyl/N-ethyl adjacent to an activating group) is 1. The zero-order valence-corrected chi connectivity index (χ0v) is 10.9. The molecule has 0 aliphatic carbocycles. The van der Waals surface area contributed by atoms with Crippen molar-refractivity contribution in [3.05, 3.63) is 24.2 Å². The molecular weight excluding hydrogens is 200 g/mol. The Kier molecular flexibility index (Phi) is 4.56. The van der Waals surface area contributed by atoms with Gasteiger partial charge in [0, 0.05) is 5.54 Å². The third kappa shape index (κ3) is 2.30. The quantitative estimate of drug-likeness (QED) is 0.808. The predicted molar refractivity (Wildman–Crippen MR) is 67.3 cm³/mol. The highest BCUT2D eigenvalue weighted by Gasteiger charge is 2.36. The Morgan fingerprint density at radius 3 is 2.38 bits per heavy atom. The van der Waals surface area contributed by atoms with Crippen molar-refractivity contribution in [2.45, 2.75) is 45.7 Å². The van der Waals surface area contributed by atoms with Crippen LogP contribution < -0.4 is 5.73 Å². The van der Waals surface area contributed by atoms with Crippen LogP contribution in [0.3, 0.4) is 0 Å². The van der Waals surface area contributed by atoms with Crippen molar-refractivity contribution < 1.29 is 4.42 Å². The van der Waals surface area contributed by atoms with Crippen LogP contribution >= 0.6 is 0 Å². The molecule has 0 spiro atoms. The number of rotatable bonds is 6. The van der Waals surface area contributed by atoms with Crippen LogP contribution in [0.2, 0.25) is 0 Å². The van der Waals surface area contributed by atoms with Crippen LogP contribution in [0.5, 0.6) is 0 Å². The van der Waals surface area contributed by atoms with Crippen molar-refractivity contribution in [2.75, 3.05) is 13.1 Å². The van der Waals surface area contributed by atoms with Gasteiger partial charge in [-0.1, -0.05) is 20.8 Å². The lowest BCUT2D eigenvalue weighted by molar-refractivity contribution is 0.0767. The highest BCUT2D eigenvalue weighted by molar-refractivity contribution is 5.11. The standard InChI is InChI=1S/C13H24N2O/c1-5-13(4,15(6-2)7-3)12(14)11-9-8-10-16-11/h8-10,12H,5-7,14H2,1-4H3. The summed E-state index contributed by atoms with van der Waals surface area (Å²) in [5.74, 6) is 0.872. The molecule has 1 aromatic heterocycles. The number of nitrogens with zero attached hydrogens (tertiary/aromatic N) is 1. The number of nitrogens with two attached hydrogens (primary N) is 1. The van der Waals surface area contributed by atoms with Gasteiger partial charge in [-0.3, -0.25) is 4.90 Å². The van der Waals surface area contributed by atoms with Gasteiger partial charge in [0.05, 0.1) is 12.3 Å². The van der Waals surface area contributed by atoms with E-state index in [-0.39, 0.29) is 11.6 Å². The van der Waals surface area contributed by atoms with Crippen molar-refractivity contribution in [1.82, 2.24) is 4.90 Å². The zero-order chi connectivity index (χ0) is 12.2. The largest absolute Gasteiger partial charge is 0.468 e. The average Bonchev–Trinajstić information content (AvgIpc) is 2.82. The summed E-state index contributed by atoms with van der Waals surface area (Å²) in [7, 11) is 0. The molecule has 1 rings (SSSR count). The Morgan fingerprint density at radius 1 is 1.38 bits per heavy atom. The van der Waals surface area contributed by atoms with E-state index in [0.717, 1.165) is 25.3 Å². The lowest BCUT2D eigenvalue weighted by Crippen LogP contribution is -2.52. The van der Waals surface area contributed by atoms with Gasteiger partial charge in [0.15, 0.2) is 0 Å². The van der Waals surface area contributed by atoms with Crippen LogP contribution in [0.4, 0.5) is 0 Å². The smallest absolute Gasteiger partial charge is 0.122 e. The van der Waals surface area contributed by atoms with Gasteiger partial charge in [0.25, 0.3) is 0 Å². The first-order chi connectivity index (χ1) is 7.60. The Labute approximate surface area is 98.6 Å². The average molecular weight is 224 g/mol. The summed E-state index contributed by atoms with van der Waals surface area (Å²) in [4.78, 5) is 2.40. The lowest BCUT2D eigenvalue weighted by Gasteiger charge is -2.43. The molecule has 16 heavy (non-hydrogen) atoms. The monoisotopic (exact) mass is 224 g/mol. The first-order valence-corrected chi connectivity index (χ1v) is 6.14. The van der Waals surface area contributed by atoms with Crippen molar-refractivity contribution in [1.29, 1.82) is 0 Å². The van der Waals surface area contributed by atoms with Crippen molar-refractivity contribution >= 4 is 0 Å². The molecule has 0 amide bonds. The summed E-state index contributed by atoms with van der Waals surface area (Å²) in [5, 5.41) is 0. The first-order valence-electron chi connectivity index (χ1n) is 6.14. The van der Waals surface area contributed by atoms with E-state index in [1.807, 2.05) is 12.1 Å². The van der Waals surface area contributed by atoms with Gasteiger partial charge >= 0.3 is 0 Å². The first kappa shape index (κ1) is 13.3. The Morgan fingerprint density at radius 2 is 2.00 bits per heavy atom. The van der Waals surface area contributed by atoms with E-state index >= 15 is 0 Å². The molecule has 3 heteroatoms. The molecule has 3 nitrogen and oxygen atoms in total. The SMILES string of the molecule is CCN(CC)C(C)(CC)C(N)c1ccco1. The minimum absolute atomic E-state index is 0.0403. The second-order valence-electron chi connectivity index (χ2n) is 4.38. The van der Waals surface area contributed by atoms with E-state index in [9.17, 15) is 0 Å². The minimum atomic E-state index is -0.0765. The predicted octanol–water partition coefficient (Wildman–Crippen LogP) is 2.79. The van der Waals surface area contributed by atoms with E-state index < -0.39 is 0 Å². The van der Waals surface area contributed by atoms with E-state index in [0.29, 0.717) is 0 Å². The summed E-state index contributed by atoms with van der Waals surface area (Å²) in [5.41, 5.74) is 6.30. The van der Waals surface area contributed by atoms with Crippen molar-refractivity contribution in [3.8, 4) is 0 Å². The maximum atomic E-state index is 6.35. The molecule has 0 saturated carbocycles. The van der Waals surface area contributed by atoms with E-state index in [1.54, 1.807) is 6.26 Å². The van der Waals surface area contributed by atoms with Crippen LogP contribution in [0.15, 0.2) is 22.8 Å². The van der Waals surface area contributed by atoms with Crippen molar-refractivity contribution in [3.63, 3.8) is 0 Å². The number of hydrogen-bond acceptors (Lipinski definition) is 3. The molecule has 0 bridgehead atoms. The summed E-state index contributed by atoms with van der Waals surface area (Å²) >= 11 is 0. The van der Waals surface area contributed by atoms with Gasteiger partial charge in [0.1, 0.15) is 5.76 Å². The molecule has 0 radical (unpaired) electrons. The van der Waals surface area contributed by atoms with Crippen LogP contribution in [-0.4, -0.2) is 23.5 Å². The lowest BCUT2D eigenvalue weighted by atomic mass is 9.86. The van der Waals surface area contributed by atoms with Gasteiger partial charge < -0.3 is 10.2 Å². The van der Waals surface area contributed by atoms with Gasteiger partial charge in [-0.2, -0.15) is 0 Å². The molecule has 2 N–H and O–H groups in total. The number of hydrogen-bond donors (Lipinski definition) is 1. The van der Waals surface area contributed by atoms with Gasteiger partial charge in [-0.25, -0.2) is 0 Å². The van der Waals surface area contributed by atoms with E-state index in [4.69, 9.17) is 10.2 Å². The maximum absolute atomic E-state index is 6.35. The highest BCUT2D eigenvalue weighted by Crippen LogP contribution is 2.32. The minimum Gasteiger partial charge on any atom is -0.468 e. The third-order valence-electron chi connectivity index (χ3n) is 3.72. The second kappa shape index (κ2) is 5.51. The fourth-order valence-electron chi connectivity index (χ4n) is 2.36. The molecule has 2 atom stereocenters. The van der Waals surface area contributed by atoms with Gasteiger partial charge in [-0.05, 0) is 38.6 Å². The summed E-state index contributed by atoms with van der Waals surface area (Å²) in [6.45, 7) is 10.8. The van der Waals surface area contributed by atoms with E-state index in [2.05, 4.69) is 32.6 Å². The Bertz CT molecular complexity index is 293. The molecule has 0 aliphatic heterocycles. The highest BCUT2D eigenvalue weighted by atomic mass is 16.3. The summed E-state index contributed by atoms with van der Waals surface area (Å²) in [6.07, 6.45) is 2.70. The third-order valence-corrected chi connectivity index (χ3v) is 3.72. The Balaban J connectivity index is 2.95. The fraction of sp³-hybridized carbons (Fsp3) is 0.692. The normalized spacial score (nSPS) is 17.4. The molecule has 0 fully saturated rings. The number of furan rings is 1. The summed E-state index contributed by atoms with van der Waals surface area (Å²) in [6, 6.07) is 3.78. The van der Waals surface area contributed by atoms with Crippen LogP contribution in [0, 0.1) is 0 Å². The molecule has 1 heterocycles. The van der Waals surface area contributed by atoms with Crippen molar-refractivity contribution in [2.24, 2.45) is 5.73 Å². The maximum Gasteiger partial charge on any atom is 0.122 e. The van der Waals surface area contributed by atoms with Gasteiger partial charge in [-0.15, -0.1) is 0 Å². The fourth-order valence-corrected chi connectivity index (χ4v) is 2.36. The molecule has 0 aliphatic rings.